The van der Waals surface area contributed by atoms with Gasteiger partial charge in [-0.3, -0.25) is 4.79 Å². The summed E-state index contributed by atoms with van der Waals surface area (Å²) in [6, 6.07) is 0. The summed E-state index contributed by atoms with van der Waals surface area (Å²) >= 11 is 0. The van der Waals surface area contributed by atoms with Crippen LogP contribution in [0.25, 0.3) is 0 Å². The summed E-state index contributed by atoms with van der Waals surface area (Å²) in [5, 5.41) is 0. The summed E-state index contributed by atoms with van der Waals surface area (Å²) in [5.74, 6) is 0.120. The zero-order valence-corrected chi connectivity index (χ0v) is 8.53. The van der Waals surface area contributed by atoms with E-state index >= 15 is 0 Å². The van der Waals surface area contributed by atoms with Crippen molar-refractivity contribution in [2.45, 2.75) is 25.9 Å². The van der Waals surface area contributed by atoms with E-state index in [1.807, 2.05) is 25.2 Å². The largest absolute Gasteiger partial charge is 0.366 e. The van der Waals surface area contributed by atoms with Crippen molar-refractivity contribution in [2.75, 3.05) is 6.61 Å². The standard InChI is InChI=1S/C12H16O2/c1-3-5-7-11-8-10(6-4-2)12(13)9-14-11/h3,5-7,11H,1,4,8-9H2,2H3/b7-5+,10-6+. The lowest BCUT2D eigenvalue weighted by atomic mass is 10.00. The predicted octanol–water partition coefficient (Wildman–Crippen LogP) is 2.42. The lowest BCUT2D eigenvalue weighted by Gasteiger charge is -2.21. The molecule has 0 radical (unpaired) electrons. The molecular weight excluding hydrogens is 176 g/mol. The summed E-state index contributed by atoms with van der Waals surface area (Å²) in [6.45, 7) is 5.83. The van der Waals surface area contributed by atoms with Gasteiger partial charge in [-0.1, -0.05) is 37.8 Å². The fourth-order valence-electron chi connectivity index (χ4n) is 1.43. The molecule has 0 aromatic heterocycles. The smallest absolute Gasteiger partial charge is 0.184 e. The number of Topliss-reactive ketones (excluding diaryl/α,β-unsaturated/α-hetero) is 1. The molecule has 0 N–H and O–H groups in total. The van der Waals surface area contributed by atoms with Crippen LogP contribution < -0.4 is 0 Å². The number of carbonyl (C=O) groups excluding carboxylic acids is 1. The Balaban J connectivity index is 2.62. The molecule has 0 amide bonds. The van der Waals surface area contributed by atoms with Gasteiger partial charge in [-0.05, 0) is 12.0 Å². The molecule has 0 aliphatic carbocycles. The predicted molar refractivity (Wildman–Crippen MR) is 57.1 cm³/mol. The Morgan fingerprint density at radius 1 is 1.64 bits per heavy atom. The van der Waals surface area contributed by atoms with Gasteiger partial charge in [0.05, 0.1) is 6.10 Å². The third-order valence-electron chi connectivity index (χ3n) is 2.12. The maximum atomic E-state index is 11.4. The number of allylic oxidation sites excluding steroid dienone is 3. The van der Waals surface area contributed by atoms with Crippen LogP contribution in [0, 0.1) is 0 Å². The highest BCUT2D eigenvalue weighted by Crippen LogP contribution is 2.18. The highest BCUT2D eigenvalue weighted by Gasteiger charge is 2.21. The van der Waals surface area contributed by atoms with Crippen molar-refractivity contribution in [3.05, 3.63) is 36.5 Å². The van der Waals surface area contributed by atoms with Gasteiger partial charge in [0.1, 0.15) is 6.61 Å². The Hall–Kier alpha value is -1.15. The zero-order valence-electron chi connectivity index (χ0n) is 8.53. The number of hydrogen-bond acceptors (Lipinski definition) is 2. The van der Waals surface area contributed by atoms with E-state index in [1.54, 1.807) is 6.08 Å². The number of ether oxygens (including phenoxy) is 1. The minimum absolute atomic E-state index is 0.0310. The molecule has 1 aliphatic rings. The molecule has 1 heterocycles. The molecule has 14 heavy (non-hydrogen) atoms. The normalized spacial score (nSPS) is 25.9. The van der Waals surface area contributed by atoms with Crippen LogP contribution in [-0.4, -0.2) is 18.5 Å². The second-order valence-electron chi connectivity index (χ2n) is 3.23. The van der Waals surface area contributed by atoms with Gasteiger partial charge in [0, 0.05) is 6.42 Å². The average molecular weight is 192 g/mol. The lowest BCUT2D eigenvalue weighted by Crippen LogP contribution is -2.26. The van der Waals surface area contributed by atoms with E-state index < -0.39 is 0 Å². The summed E-state index contributed by atoms with van der Waals surface area (Å²) < 4.78 is 5.34. The third-order valence-corrected chi connectivity index (χ3v) is 2.12. The van der Waals surface area contributed by atoms with Crippen LogP contribution in [0.4, 0.5) is 0 Å². The first-order valence-corrected chi connectivity index (χ1v) is 4.91. The molecule has 0 bridgehead atoms. The number of rotatable bonds is 3. The van der Waals surface area contributed by atoms with Crippen molar-refractivity contribution in [2.24, 2.45) is 0 Å². The molecule has 1 saturated heterocycles. The van der Waals surface area contributed by atoms with Gasteiger partial charge < -0.3 is 4.74 Å². The second kappa shape index (κ2) is 5.55. The molecule has 1 unspecified atom stereocenters. The second-order valence-corrected chi connectivity index (χ2v) is 3.23. The minimum atomic E-state index is 0.0310. The van der Waals surface area contributed by atoms with Gasteiger partial charge in [-0.15, -0.1) is 0 Å². The van der Waals surface area contributed by atoms with Crippen LogP contribution in [0.3, 0.4) is 0 Å². The number of carbonyl (C=O) groups is 1. The van der Waals surface area contributed by atoms with E-state index in [4.69, 9.17) is 4.74 Å². The van der Waals surface area contributed by atoms with Gasteiger partial charge in [0.2, 0.25) is 0 Å². The van der Waals surface area contributed by atoms with Crippen LogP contribution in [0.15, 0.2) is 36.5 Å². The topological polar surface area (TPSA) is 26.3 Å². The van der Waals surface area contributed by atoms with Crippen LogP contribution >= 0.6 is 0 Å². The lowest BCUT2D eigenvalue weighted by molar-refractivity contribution is -0.124. The molecule has 1 aliphatic heterocycles. The maximum absolute atomic E-state index is 11.4. The Labute approximate surface area is 85.0 Å². The highest BCUT2D eigenvalue weighted by molar-refractivity contribution is 5.97. The van der Waals surface area contributed by atoms with Crippen LogP contribution in [0.2, 0.25) is 0 Å². The van der Waals surface area contributed by atoms with E-state index in [1.165, 1.54) is 0 Å². The first-order valence-electron chi connectivity index (χ1n) is 4.91. The van der Waals surface area contributed by atoms with Gasteiger partial charge in [0.15, 0.2) is 5.78 Å². The SMILES string of the molecule is C=C/C=C/C1C/C(=C\CC)C(=O)CO1. The summed E-state index contributed by atoms with van der Waals surface area (Å²) in [6.07, 6.45) is 9.11. The minimum Gasteiger partial charge on any atom is -0.366 e. The van der Waals surface area contributed by atoms with Gasteiger partial charge in [-0.2, -0.15) is 0 Å². The van der Waals surface area contributed by atoms with Crippen molar-refractivity contribution >= 4 is 5.78 Å². The van der Waals surface area contributed by atoms with Crippen molar-refractivity contribution < 1.29 is 9.53 Å². The van der Waals surface area contributed by atoms with E-state index in [9.17, 15) is 4.79 Å². The summed E-state index contributed by atoms with van der Waals surface area (Å²) in [4.78, 5) is 11.4. The molecular formula is C12H16O2. The van der Waals surface area contributed by atoms with Crippen molar-refractivity contribution in [3.8, 4) is 0 Å². The Morgan fingerprint density at radius 2 is 2.43 bits per heavy atom. The zero-order chi connectivity index (χ0) is 10.4. The Bertz CT molecular complexity index is 274. The van der Waals surface area contributed by atoms with E-state index in [-0.39, 0.29) is 18.5 Å². The quantitative estimate of drug-likeness (QED) is 0.507. The Kier molecular flexibility index (Phi) is 4.33. The average Bonchev–Trinajstić information content (AvgIpc) is 2.19. The van der Waals surface area contributed by atoms with Gasteiger partial charge in [0.25, 0.3) is 0 Å². The molecule has 1 rings (SSSR count). The van der Waals surface area contributed by atoms with Crippen LogP contribution in [0.1, 0.15) is 19.8 Å². The molecule has 76 valence electrons. The number of hydrogen-bond donors (Lipinski definition) is 0. The van der Waals surface area contributed by atoms with Gasteiger partial charge in [-0.25, -0.2) is 0 Å². The Morgan fingerprint density at radius 3 is 3.07 bits per heavy atom. The number of ketones is 1. The van der Waals surface area contributed by atoms with Crippen molar-refractivity contribution in [1.82, 2.24) is 0 Å². The molecule has 2 heteroatoms. The third kappa shape index (κ3) is 2.96. The molecule has 0 saturated carbocycles. The molecule has 0 aromatic rings. The van der Waals surface area contributed by atoms with E-state index in [0.29, 0.717) is 6.42 Å². The molecule has 2 nitrogen and oxygen atoms in total. The van der Waals surface area contributed by atoms with Crippen LogP contribution in [0.5, 0.6) is 0 Å². The van der Waals surface area contributed by atoms with E-state index in [0.717, 1.165) is 12.0 Å². The van der Waals surface area contributed by atoms with Crippen molar-refractivity contribution in [3.63, 3.8) is 0 Å². The van der Waals surface area contributed by atoms with Gasteiger partial charge >= 0.3 is 0 Å². The van der Waals surface area contributed by atoms with Crippen LogP contribution in [-0.2, 0) is 9.53 Å². The molecule has 1 atom stereocenters. The highest BCUT2D eigenvalue weighted by atomic mass is 16.5. The van der Waals surface area contributed by atoms with Crippen molar-refractivity contribution in [1.29, 1.82) is 0 Å². The first-order chi connectivity index (χ1) is 6.77. The molecule has 0 aromatic carbocycles. The van der Waals surface area contributed by atoms with E-state index in [2.05, 4.69) is 6.58 Å². The fourth-order valence-corrected chi connectivity index (χ4v) is 1.43. The fraction of sp³-hybridized carbons (Fsp3) is 0.417. The monoisotopic (exact) mass is 192 g/mol. The molecule has 1 fully saturated rings. The first kappa shape index (κ1) is 10.9. The maximum Gasteiger partial charge on any atom is 0.184 e. The molecule has 0 spiro atoms. The summed E-state index contributed by atoms with van der Waals surface area (Å²) in [7, 11) is 0. The summed E-state index contributed by atoms with van der Waals surface area (Å²) in [5.41, 5.74) is 0.900.